The second-order valence-corrected chi connectivity index (χ2v) is 6.70. The average Bonchev–Trinajstić information content (AvgIpc) is 2.89. The minimum absolute atomic E-state index is 0.119. The molecule has 2 rings (SSSR count). The van der Waals surface area contributed by atoms with Crippen LogP contribution < -0.4 is 0 Å². The van der Waals surface area contributed by atoms with E-state index in [0.29, 0.717) is 5.56 Å². The van der Waals surface area contributed by atoms with Crippen LogP contribution in [0, 0.1) is 0 Å². The van der Waals surface area contributed by atoms with Gasteiger partial charge in [-0.25, -0.2) is 14.4 Å². The SMILES string of the molecule is CCOC(=O)C1(C(=O)OCC)N([C@@H](C(=O)OC)c2ccccc2)C(=O)CC1(C)O. The topological polar surface area (TPSA) is 119 Å². The molecule has 1 N–H and O–H groups in total. The highest BCUT2D eigenvalue weighted by Gasteiger charge is 2.73. The van der Waals surface area contributed by atoms with Crippen LogP contribution in [-0.2, 0) is 33.4 Å². The summed E-state index contributed by atoms with van der Waals surface area (Å²) in [5.41, 5.74) is -4.47. The molecule has 1 heterocycles. The highest BCUT2D eigenvalue weighted by atomic mass is 16.6. The summed E-state index contributed by atoms with van der Waals surface area (Å²) < 4.78 is 15.0. The van der Waals surface area contributed by atoms with Crippen LogP contribution in [0.1, 0.15) is 38.8 Å². The van der Waals surface area contributed by atoms with E-state index >= 15 is 0 Å². The van der Waals surface area contributed by atoms with Crippen LogP contribution in [0.4, 0.5) is 0 Å². The second-order valence-electron chi connectivity index (χ2n) is 6.70. The van der Waals surface area contributed by atoms with Crippen molar-refractivity contribution in [3.05, 3.63) is 35.9 Å². The molecule has 0 bridgehead atoms. The van der Waals surface area contributed by atoms with Crippen LogP contribution in [0.5, 0.6) is 0 Å². The van der Waals surface area contributed by atoms with E-state index in [0.717, 1.165) is 18.9 Å². The predicted molar refractivity (Wildman–Crippen MR) is 99.3 cm³/mol. The van der Waals surface area contributed by atoms with E-state index in [4.69, 9.17) is 14.2 Å². The lowest BCUT2D eigenvalue weighted by Gasteiger charge is -2.42. The molecule has 1 unspecified atom stereocenters. The fourth-order valence-electron chi connectivity index (χ4n) is 3.62. The monoisotopic (exact) mass is 407 g/mol. The summed E-state index contributed by atoms with van der Waals surface area (Å²) in [6, 6.07) is 6.56. The Bertz CT molecular complexity index is 771. The van der Waals surface area contributed by atoms with Gasteiger partial charge in [-0.3, -0.25) is 9.69 Å². The molecule has 0 saturated carbocycles. The minimum atomic E-state index is -2.58. The number of benzene rings is 1. The number of aliphatic hydroxyl groups is 1. The van der Waals surface area contributed by atoms with Crippen LogP contribution in [0.25, 0.3) is 0 Å². The van der Waals surface area contributed by atoms with Gasteiger partial charge < -0.3 is 19.3 Å². The van der Waals surface area contributed by atoms with E-state index < -0.39 is 47.4 Å². The molecule has 1 aliphatic heterocycles. The summed E-state index contributed by atoms with van der Waals surface area (Å²) in [7, 11) is 1.12. The van der Waals surface area contributed by atoms with Gasteiger partial charge in [0.25, 0.3) is 5.54 Å². The fraction of sp³-hybridized carbons (Fsp3) is 0.500. The standard InChI is InChI=1S/C20H25NO8/c1-5-28-17(24)20(18(25)29-6-2)19(3,26)12-14(22)21(20)15(16(23)27-4)13-10-8-7-9-11-13/h7-11,15,26H,5-6,12H2,1-4H3/t15-,19?/m1/s1. The maximum absolute atomic E-state index is 13.1. The van der Waals surface area contributed by atoms with Crippen molar-refractivity contribution in [2.75, 3.05) is 20.3 Å². The van der Waals surface area contributed by atoms with Gasteiger partial charge in [-0.2, -0.15) is 0 Å². The summed E-state index contributed by atoms with van der Waals surface area (Å²) in [5, 5.41) is 11.1. The molecule has 0 aliphatic carbocycles. The van der Waals surface area contributed by atoms with Gasteiger partial charge in [0.1, 0.15) is 5.60 Å². The Balaban J connectivity index is 2.81. The largest absolute Gasteiger partial charge is 0.467 e. The van der Waals surface area contributed by atoms with E-state index in [1.807, 2.05) is 0 Å². The molecule has 1 fully saturated rings. The van der Waals surface area contributed by atoms with Gasteiger partial charge in [-0.1, -0.05) is 30.3 Å². The summed E-state index contributed by atoms with van der Waals surface area (Å²) in [5.74, 6) is -4.05. The number of likely N-dealkylation sites (tertiary alicyclic amines) is 1. The molecule has 0 radical (unpaired) electrons. The van der Waals surface area contributed by atoms with E-state index in [-0.39, 0.29) is 13.2 Å². The van der Waals surface area contributed by atoms with Gasteiger partial charge in [0.15, 0.2) is 6.04 Å². The normalized spacial score (nSPS) is 21.4. The van der Waals surface area contributed by atoms with Gasteiger partial charge in [-0.15, -0.1) is 0 Å². The lowest BCUT2D eigenvalue weighted by atomic mass is 9.80. The molecule has 0 aromatic heterocycles. The smallest absolute Gasteiger partial charge is 0.347 e. The van der Waals surface area contributed by atoms with E-state index in [2.05, 4.69) is 0 Å². The van der Waals surface area contributed by atoms with Crippen molar-refractivity contribution in [3.63, 3.8) is 0 Å². The Labute approximate surface area is 168 Å². The third kappa shape index (κ3) is 3.57. The summed E-state index contributed by atoms with van der Waals surface area (Å²) in [6.45, 7) is 3.96. The highest BCUT2D eigenvalue weighted by Crippen LogP contribution is 2.46. The number of esters is 3. The van der Waals surface area contributed by atoms with E-state index in [1.54, 1.807) is 30.3 Å². The lowest BCUT2D eigenvalue weighted by Crippen LogP contribution is -2.69. The van der Waals surface area contributed by atoms with E-state index in [9.17, 15) is 24.3 Å². The Kier molecular flexibility index (Phi) is 6.63. The summed E-state index contributed by atoms with van der Waals surface area (Å²) >= 11 is 0. The first kappa shape index (κ1) is 22.4. The molecule has 158 valence electrons. The van der Waals surface area contributed by atoms with Crippen molar-refractivity contribution in [1.29, 1.82) is 0 Å². The van der Waals surface area contributed by atoms with Gasteiger partial charge in [0.05, 0.1) is 26.7 Å². The van der Waals surface area contributed by atoms with Crippen molar-refractivity contribution in [3.8, 4) is 0 Å². The van der Waals surface area contributed by atoms with Crippen molar-refractivity contribution in [1.82, 2.24) is 4.90 Å². The third-order valence-electron chi connectivity index (χ3n) is 4.84. The molecule has 1 aromatic rings. The Morgan fingerprint density at radius 3 is 2.07 bits per heavy atom. The van der Waals surface area contributed by atoms with Gasteiger partial charge in [0, 0.05) is 0 Å². The maximum Gasteiger partial charge on any atom is 0.347 e. The highest BCUT2D eigenvalue weighted by molar-refractivity contribution is 6.13. The number of methoxy groups -OCH3 is 1. The van der Waals surface area contributed by atoms with Gasteiger partial charge in [0.2, 0.25) is 5.91 Å². The molecular formula is C20H25NO8. The summed E-state index contributed by atoms with van der Waals surface area (Å²) in [4.78, 5) is 52.6. The number of ether oxygens (including phenoxy) is 3. The number of hydrogen-bond donors (Lipinski definition) is 1. The molecular weight excluding hydrogens is 382 g/mol. The predicted octanol–water partition coefficient (Wildman–Crippen LogP) is 0.749. The zero-order valence-corrected chi connectivity index (χ0v) is 16.8. The number of hydrogen-bond acceptors (Lipinski definition) is 8. The van der Waals surface area contributed by atoms with Crippen molar-refractivity contribution >= 4 is 23.8 Å². The van der Waals surface area contributed by atoms with Crippen LogP contribution in [0.2, 0.25) is 0 Å². The molecule has 1 aliphatic rings. The van der Waals surface area contributed by atoms with Gasteiger partial charge in [-0.05, 0) is 26.3 Å². The van der Waals surface area contributed by atoms with Crippen molar-refractivity contribution in [2.24, 2.45) is 0 Å². The first-order valence-electron chi connectivity index (χ1n) is 9.20. The second kappa shape index (κ2) is 8.60. The van der Waals surface area contributed by atoms with Gasteiger partial charge >= 0.3 is 17.9 Å². The molecule has 9 heteroatoms. The number of amides is 1. The van der Waals surface area contributed by atoms with Crippen LogP contribution in [0.15, 0.2) is 30.3 Å². The summed E-state index contributed by atoms with van der Waals surface area (Å²) in [6.07, 6.45) is -0.592. The van der Waals surface area contributed by atoms with E-state index in [1.165, 1.54) is 13.8 Å². The Morgan fingerprint density at radius 2 is 1.62 bits per heavy atom. The zero-order chi connectivity index (χ0) is 21.8. The van der Waals surface area contributed by atoms with Crippen molar-refractivity contribution < 1.29 is 38.5 Å². The first-order chi connectivity index (χ1) is 13.7. The number of rotatable bonds is 7. The molecule has 1 saturated heterocycles. The molecule has 2 atom stereocenters. The Morgan fingerprint density at radius 1 is 1.10 bits per heavy atom. The van der Waals surface area contributed by atoms with Crippen LogP contribution in [-0.4, -0.2) is 65.3 Å². The zero-order valence-electron chi connectivity index (χ0n) is 16.8. The Hall–Kier alpha value is -2.94. The minimum Gasteiger partial charge on any atom is -0.467 e. The average molecular weight is 407 g/mol. The fourth-order valence-corrected chi connectivity index (χ4v) is 3.62. The maximum atomic E-state index is 13.1. The quantitative estimate of drug-likeness (QED) is 0.399. The molecule has 1 aromatic carbocycles. The molecule has 29 heavy (non-hydrogen) atoms. The molecule has 0 spiro atoms. The molecule has 9 nitrogen and oxygen atoms in total. The lowest BCUT2D eigenvalue weighted by molar-refractivity contribution is -0.192. The number of carbonyl (C=O) groups excluding carboxylic acids is 4. The first-order valence-corrected chi connectivity index (χ1v) is 9.20. The third-order valence-corrected chi connectivity index (χ3v) is 4.84. The van der Waals surface area contributed by atoms with Crippen molar-refractivity contribution in [2.45, 2.75) is 44.4 Å². The number of carbonyl (C=O) groups is 4. The molecule has 1 amide bonds. The number of nitrogens with zero attached hydrogens (tertiary/aromatic N) is 1. The van der Waals surface area contributed by atoms with Crippen LogP contribution >= 0.6 is 0 Å². The van der Waals surface area contributed by atoms with Crippen LogP contribution in [0.3, 0.4) is 0 Å².